The smallest absolute Gasteiger partial charge is 0.132 e. The van der Waals surface area contributed by atoms with Gasteiger partial charge in [-0.1, -0.05) is 29.8 Å². The number of anilines is 2. The van der Waals surface area contributed by atoms with E-state index in [2.05, 4.69) is 45.5 Å². The first-order valence-corrected chi connectivity index (χ1v) is 10.7. The highest BCUT2D eigenvalue weighted by Crippen LogP contribution is 2.35. The van der Waals surface area contributed by atoms with Crippen molar-refractivity contribution in [3.05, 3.63) is 71.4 Å². The van der Waals surface area contributed by atoms with Crippen molar-refractivity contribution >= 4 is 23.1 Å². The summed E-state index contributed by atoms with van der Waals surface area (Å²) in [5.41, 5.74) is 4.55. The van der Waals surface area contributed by atoms with Gasteiger partial charge in [-0.2, -0.15) is 0 Å². The zero-order valence-corrected chi connectivity index (χ0v) is 17.4. The second-order valence-corrected chi connectivity index (χ2v) is 8.02. The first-order valence-electron chi connectivity index (χ1n) is 10.4. The van der Waals surface area contributed by atoms with E-state index in [4.69, 9.17) is 21.1 Å². The maximum Gasteiger partial charge on any atom is 0.132 e. The van der Waals surface area contributed by atoms with Crippen molar-refractivity contribution in [2.24, 2.45) is 0 Å². The topological polar surface area (TPSA) is 46.6 Å². The molecule has 2 aromatic carbocycles. The molecule has 3 heterocycles. The number of pyridine rings is 1. The minimum absolute atomic E-state index is 0.0558. The molecule has 5 nitrogen and oxygen atoms in total. The Morgan fingerprint density at radius 1 is 1.03 bits per heavy atom. The molecule has 0 spiro atoms. The van der Waals surface area contributed by atoms with E-state index in [9.17, 15) is 0 Å². The number of rotatable bonds is 4. The summed E-state index contributed by atoms with van der Waals surface area (Å²) in [6.45, 7) is 4.29. The zero-order valence-electron chi connectivity index (χ0n) is 16.7. The van der Waals surface area contributed by atoms with Crippen molar-refractivity contribution in [3.63, 3.8) is 0 Å². The van der Waals surface area contributed by atoms with E-state index < -0.39 is 0 Å². The van der Waals surface area contributed by atoms with Crippen LogP contribution in [0.1, 0.15) is 18.1 Å². The predicted octanol–water partition coefficient (Wildman–Crippen LogP) is 5.17. The molecule has 0 radical (unpaired) electrons. The molecule has 2 aliphatic rings. The fourth-order valence-corrected chi connectivity index (χ4v) is 4.20. The van der Waals surface area contributed by atoms with Crippen LogP contribution in [-0.2, 0) is 4.74 Å². The van der Waals surface area contributed by atoms with Crippen LogP contribution in [0.4, 0.5) is 11.5 Å². The molecule has 0 saturated carbocycles. The predicted molar refractivity (Wildman–Crippen MR) is 121 cm³/mol. The first-order chi connectivity index (χ1) is 14.8. The lowest BCUT2D eigenvalue weighted by Gasteiger charge is -2.29. The number of morpholine rings is 1. The number of hydrogen-bond donors (Lipinski definition) is 1. The van der Waals surface area contributed by atoms with Crippen LogP contribution >= 0.6 is 11.6 Å². The van der Waals surface area contributed by atoms with E-state index >= 15 is 0 Å². The highest BCUT2D eigenvalue weighted by atomic mass is 35.5. The molecule has 1 fully saturated rings. The summed E-state index contributed by atoms with van der Waals surface area (Å²) in [6.07, 6.45) is 2.75. The monoisotopic (exact) mass is 421 g/mol. The molecule has 5 rings (SSSR count). The van der Waals surface area contributed by atoms with Gasteiger partial charge in [0.15, 0.2) is 0 Å². The summed E-state index contributed by atoms with van der Waals surface area (Å²) in [6, 6.07) is 18.4. The second-order valence-electron chi connectivity index (χ2n) is 7.59. The van der Waals surface area contributed by atoms with E-state index in [0.29, 0.717) is 5.02 Å². The molecule has 154 valence electrons. The number of hydrogen-bond acceptors (Lipinski definition) is 5. The highest BCUT2D eigenvalue weighted by Gasteiger charge is 2.23. The Hall–Kier alpha value is -2.76. The number of fused-ring (bicyclic) bond motifs is 1. The van der Waals surface area contributed by atoms with Gasteiger partial charge in [-0.25, -0.2) is 4.98 Å². The average Bonchev–Trinajstić information content (AvgIpc) is 2.80. The number of halogens is 1. The van der Waals surface area contributed by atoms with Gasteiger partial charge in [0.1, 0.15) is 17.7 Å². The summed E-state index contributed by atoms with van der Waals surface area (Å²) >= 11 is 6.12. The maximum atomic E-state index is 6.27. The van der Waals surface area contributed by atoms with Gasteiger partial charge in [0.05, 0.1) is 13.2 Å². The molecule has 0 bridgehead atoms. The first kappa shape index (κ1) is 19.2. The fourth-order valence-electron chi connectivity index (χ4n) is 4.02. The van der Waals surface area contributed by atoms with Gasteiger partial charge < -0.3 is 19.7 Å². The van der Waals surface area contributed by atoms with Crippen molar-refractivity contribution in [2.45, 2.75) is 12.5 Å². The highest BCUT2D eigenvalue weighted by molar-refractivity contribution is 6.30. The molecule has 0 aliphatic carbocycles. The van der Waals surface area contributed by atoms with E-state index in [-0.39, 0.29) is 6.10 Å². The van der Waals surface area contributed by atoms with Gasteiger partial charge in [-0.05, 0) is 42.0 Å². The largest absolute Gasteiger partial charge is 0.485 e. The molecule has 30 heavy (non-hydrogen) atoms. The number of nitrogens with one attached hydrogen (secondary N) is 1. The molecule has 0 amide bonds. The molecule has 6 heteroatoms. The Kier molecular flexibility index (Phi) is 5.47. The minimum Gasteiger partial charge on any atom is -0.485 e. The number of ether oxygens (including phenoxy) is 2. The van der Waals surface area contributed by atoms with Crippen LogP contribution in [0.3, 0.4) is 0 Å². The Morgan fingerprint density at radius 3 is 2.67 bits per heavy atom. The number of benzene rings is 2. The molecule has 1 N–H and O–H groups in total. The SMILES string of the molecule is Clc1cccc(OC2CCNc3ncc(-c4ccc(N5CCOCC5)cc4)cc32)c1. The van der Waals surface area contributed by atoms with Crippen LogP contribution in [0.25, 0.3) is 11.1 Å². The van der Waals surface area contributed by atoms with Crippen LogP contribution in [0.5, 0.6) is 5.75 Å². The lowest BCUT2D eigenvalue weighted by Crippen LogP contribution is -2.36. The standard InChI is InChI=1S/C24H24ClN3O2/c25-19-2-1-3-21(15-19)30-23-8-9-26-24-22(23)14-18(16-27-24)17-4-6-20(7-5-17)28-10-12-29-13-11-28/h1-7,14-16,23H,8-13H2,(H,26,27). The van der Waals surface area contributed by atoms with E-state index in [0.717, 1.165) is 67.5 Å². The van der Waals surface area contributed by atoms with Gasteiger partial charge in [-0.3, -0.25) is 0 Å². The van der Waals surface area contributed by atoms with Crippen LogP contribution in [0, 0.1) is 0 Å². The molecular weight excluding hydrogens is 398 g/mol. The minimum atomic E-state index is -0.0558. The zero-order chi connectivity index (χ0) is 20.3. The third-order valence-corrected chi connectivity index (χ3v) is 5.85. The molecule has 2 aliphatic heterocycles. The second kappa shape index (κ2) is 8.54. The van der Waals surface area contributed by atoms with Gasteiger partial charge in [0.25, 0.3) is 0 Å². The number of aromatic nitrogens is 1. The molecular formula is C24H24ClN3O2. The van der Waals surface area contributed by atoms with Crippen LogP contribution < -0.4 is 15.0 Å². The average molecular weight is 422 g/mol. The quantitative estimate of drug-likeness (QED) is 0.629. The summed E-state index contributed by atoms with van der Waals surface area (Å²) < 4.78 is 11.7. The summed E-state index contributed by atoms with van der Waals surface area (Å²) in [4.78, 5) is 7.03. The van der Waals surface area contributed by atoms with Gasteiger partial charge >= 0.3 is 0 Å². The lowest BCUT2D eigenvalue weighted by atomic mass is 9.98. The Bertz CT molecular complexity index is 1020. The third kappa shape index (κ3) is 4.09. The number of nitrogens with zero attached hydrogens (tertiary/aromatic N) is 2. The van der Waals surface area contributed by atoms with Crippen LogP contribution in [-0.4, -0.2) is 37.8 Å². The van der Waals surface area contributed by atoms with E-state index in [1.165, 1.54) is 5.69 Å². The Balaban J connectivity index is 1.39. The van der Waals surface area contributed by atoms with Crippen molar-refractivity contribution < 1.29 is 9.47 Å². The molecule has 3 aromatic rings. The molecule has 1 atom stereocenters. The van der Waals surface area contributed by atoms with E-state index in [1.54, 1.807) is 0 Å². The van der Waals surface area contributed by atoms with Crippen molar-refractivity contribution in [2.75, 3.05) is 43.1 Å². The summed E-state index contributed by atoms with van der Waals surface area (Å²) in [7, 11) is 0. The van der Waals surface area contributed by atoms with Crippen molar-refractivity contribution in [1.29, 1.82) is 0 Å². The van der Waals surface area contributed by atoms with Crippen molar-refractivity contribution in [1.82, 2.24) is 4.98 Å². The lowest BCUT2D eigenvalue weighted by molar-refractivity contribution is 0.122. The maximum absolute atomic E-state index is 6.27. The van der Waals surface area contributed by atoms with E-state index in [1.807, 2.05) is 30.5 Å². The normalized spacial score (nSPS) is 18.4. The van der Waals surface area contributed by atoms with Crippen LogP contribution in [0.2, 0.25) is 5.02 Å². The van der Waals surface area contributed by atoms with Gasteiger partial charge in [-0.15, -0.1) is 0 Å². The molecule has 1 unspecified atom stereocenters. The third-order valence-electron chi connectivity index (χ3n) is 5.61. The Labute approximate surface area is 181 Å². The van der Waals surface area contributed by atoms with Gasteiger partial charge in [0.2, 0.25) is 0 Å². The van der Waals surface area contributed by atoms with Crippen molar-refractivity contribution in [3.8, 4) is 16.9 Å². The summed E-state index contributed by atoms with van der Waals surface area (Å²) in [5.74, 6) is 1.67. The fraction of sp³-hybridized carbons (Fsp3) is 0.292. The molecule has 1 saturated heterocycles. The summed E-state index contributed by atoms with van der Waals surface area (Å²) in [5, 5.41) is 4.06. The van der Waals surface area contributed by atoms with Gasteiger partial charge in [0, 0.05) is 54.1 Å². The molecule has 1 aromatic heterocycles. The Morgan fingerprint density at radius 2 is 1.87 bits per heavy atom. The van der Waals surface area contributed by atoms with Crippen LogP contribution in [0.15, 0.2) is 60.8 Å².